The van der Waals surface area contributed by atoms with Crippen molar-refractivity contribution in [2.75, 3.05) is 24.2 Å². The van der Waals surface area contributed by atoms with Crippen LogP contribution in [0.2, 0.25) is 0 Å². The lowest BCUT2D eigenvalue weighted by molar-refractivity contribution is -0.113. The minimum atomic E-state index is -0.0454. The van der Waals surface area contributed by atoms with Crippen LogP contribution in [0.15, 0.2) is 36.4 Å². The average Bonchev–Trinajstić information content (AvgIpc) is 3.19. The molecule has 1 aliphatic heterocycles. The number of rotatable bonds is 5. The number of nitrogens with one attached hydrogen (secondary N) is 1. The summed E-state index contributed by atoms with van der Waals surface area (Å²) >= 11 is 6.88. The Morgan fingerprint density at radius 2 is 1.96 bits per heavy atom. The first-order valence-electron chi connectivity index (χ1n) is 9.07. The Morgan fingerprint density at radius 3 is 2.65 bits per heavy atom. The number of carbonyl (C=O) groups excluding carboxylic acids is 1. The molecule has 7 heteroatoms. The van der Waals surface area contributed by atoms with Crippen LogP contribution in [0.25, 0.3) is 5.69 Å². The van der Waals surface area contributed by atoms with Crippen molar-refractivity contribution in [3.8, 4) is 5.69 Å². The molecule has 1 aromatic heterocycles. The summed E-state index contributed by atoms with van der Waals surface area (Å²) in [7, 11) is 0. The molecule has 1 amide bonds. The smallest absolute Gasteiger partial charge is 0.235 e. The molecule has 0 atom stereocenters. The van der Waals surface area contributed by atoms with Crippen LogP contribution in [0.1, 0.15) is 37.3 Å². The molecule has 136 valence electrons. The molecule has 1 aliphatic carbocycles. The minimum absolute atomic E-state index is 0.0454. The number of benzene rings is 1. The summed E-state index contributed by atoms with van der Waals surface area (Å²) in [4.78, 5) is 14.6. The molecule has 26 heavy (non-hydrogen) atoms. The molecule has 1 aromatic carbocycles. The van der Waals surface area contributed by atoms with Gasteiger partial charge in [-0.3, -0.25) is 4.79 Å². The number of nitrogens with zero attached hydrogens (tertiary/aromatic N) is 3. The highest BCUT2D eigenvalue weighted by atomic mass is 32.2. The van der Waals surface area contributed by atoms with Crippen molar-refractivity contribution < 1.29 is 4.79 Å². The van der Waals surface area contributed by atoms with E-state index in [1.54, 1.807) is 0 Å². The summed E-state index contributed by atoms with van der Waals surface area (Å²) in [6.07, 6.45) is 4.73. The van der Waals surface area contributed by atoms with E-state index in [4.69, 9.17) is 17.3 Å². The molecule has 1 N–H and O–H groups in total. The van der Waals surface area contributed by atoms with Gasteiger partial charge in [0.2, 0.25) is 5.91 Å². The van der Waals surface area contributed by atoms with Crippen LogP contribution in [-0.2, 0) is 4.79 Å². The largest absolute Gasteiger partial charge is 0.358 e. The lowest BCUT2D eigenvalue weighted by Crippen LogP contribution is -2.25. The SMILES string of the molecule is O=C(CSC(=S)N1CCCC1)Nc1cc(C2CC2)nn1-c1ccccc1. The van der Waals surface area contributed by atoms with E-state index >= 15 is 0 Å². The summed E-state index contributed by atoms with van der Waals surface area (Å²) in [5.41, 5.74) is 2.01. The fourth-order valence-corrected chi connectivity index (χ4v) is 4.18. The van der Waals surface area contributed by atoms with Gasteiger partial charge >= 0.3 is 0 Å². The summed E-state index contributed by atoms with van der Waals surface area (Å²) in [5, 5.41) is 7.74. The topological polar surface area (TPSA) is 50.2 Å². The predicted octanol–water partition coefficient (Wildman–Crippen LogP) is 3.80. The maximum absolute atomic E-state index is 12.5. The molecular weight excluding hydrogens is 364 g/mol. The maximum atomic E-state index is 12.5. The van der Waals surface area contributed by atoms with E-state index in [9.17, 15) is 4.79 Å². The first kappa shape index (κ1) is 17.5. The third kappa shape index (κ3) is 4.10. The molecule has 2 heterocycles. The molecule has 0 unspecified atom stereocenters. The van der Waals surface area contributed by atoms with Crippen molar-refractivity contribution in [3.63, 3.8) is 0 Å². The van der Waals surface area contributed by atoms with E-state index in [2.05, 4.69) is 10.2 Å². The molecule has 2 fully saturated rings. The van der Waals surface area contributed by atoms with E-state index in [0.717, 1.165) is 34.6 Å². The summed E-state index contributed by atoms with van der Waals surface area (Å²) in [6.45, 7) is 2.03. The summed E-state index contributed by atoms with van der Waals surface area (Å²) in [5.74, 6) is 1.55. The molecular formula is C19H22N4OS2. The van der Waals surface area contributed by atoms with Crippen molar-refractivity contribution in [2.24, 2.45) is 0 Å². The van der Waals surface area contributed by atoms with Gasteiger partial charge in [-0.05, 0) is 37.8 Å². The molecule has 0 radical (unpaired) electrons. The van der Waals surface area contributed by atoms with Gasteiger partial charge in [-0.2, -0.15) is 5.10 Å². The monoisotopic (exact) mass is 386 g/mol. The van der Waals surface area contributed by atoms with Crippen LogP contribution in [-0.4, -0.2) is 43.8 Å². The average molecular weight is 387 g/mol. The quantitative estimate of drug-likeness (QED) is 0.792. The number of amides is 1. The third-order valence-electron chi connectivity index (χ3n) is 4.68. The van der Waals surface area contributed by atoms with Crippen LogP contribution < -0.4 is 5.32 Å². The van der Waals surface area contributed by atoms with Crippen molar-refractivity contribution in [2.45, 2.75) is 31.6 Å². The van der Waals surface area contributed by atoms with E-state index in [-0.39, 0.29) is 5.91 Å². The second kappa shape index (κ2) is 7.80. The van der Waals surface area contributed by atoms with Gasteiger partial charge in [-0.15, -0.1) is 0 Å². The third-order valence-corrected chi connectivity index (χ3v) is 6.21. The normalized spacial score (nSPS) is 16.7. The van der Waals surface area contributed by atoms with E-state index in [1.807, 2.05) is 41.1 Å². The Hall–Kier alpha value is -1.86. The molecule has 0 bridgehead atoms. The van der Waals surface area contributed by atoms with E-state index in [0.29, 0.717) is 11.7 Å². The van der Waals surface area contributed by atoms with Crippen LogP contribution in [0.4, 0.5) is 5.82 Å². The number of hydrogen-bond donors (Lipinski definition) is 1. The number of para-hydroxylation sites is 1. The first-order chi connectivity index (χ1) is 12.7. The number of thiocarbonyl (C=S) groups is 1. The van der Waals surface area contributed by atoms with Gasteiger partial charge in [-0.1, -0.05) is 42.2 Å². The summed E-state index contributed by atoms with van der Waals surface area (Å²) in [6, 6.07) is 11.9. The molecule has 1 saturated heterocycles. The van der Waals surface area contributed by atoms with Crippen LogP contribution in [0.3, 0.4) is 0 Å². The molecule has 2 aliphatic rings. The highest BCUT2D eigenvalue weighted by Gasteiger charge is 2.28. The Balaban J connectivity index is 1.43. The number of hydrogen-bond acceptors (Lipinski definition) is 4. The van der Waals surface area contributed by atoms with Crippen molar-refractivity contribution in [3.05, 3.63) is 42.1 Å². The zero-order valence-electron chi connectivity index (χ0n) is 14.6. The molecule has 2 aromatic rings. The predicted molar refractivity (Wildman–Crippen MR) is 110 cm³/mol. The number of likely N-dealkylation sites (tertiary alicyclic amines) is 1. The fourth-order valence-electron chi connectivity index (χ4n) is 3.13. The van der Waals surface area contributed by atoms with Crippen LogP contribution >= 0.6 is 24.0 Å². The minimum Gasteiger partial charge on any atom is -0.358 e. The van der Waals surface area contributed by atoms with Gasteiger partial charge < -0.3 is 10.2 Å². The second-order valence-corrected chi connectivity index (χ2v) is 8.38. The van der Waals surface area contributed by atoms with Gasteiger partial charge in [0.25, 0.3) is 0 Å². The van der Waals surface area contributed by atoms with Crippen LogP contribution in [0, 0.1) is 0 Å². The lowest BCUT2D eigenvalue weighted by atomic mass is 10.3. The number of thioether (sulfide) groups is 1. The Morgan fingerprint density at radius 1 is 1.23 bits per heavy atom. The van der Waals surface area contributed by atoms with E-state index in [1.165, 1.54) is 37.4 Å². The summed E-state index contributed by atoms with van der Waals surface area (Å²) < 4.78 is 2.66. The van der Waals surface area contributed by atoms with Gasteiger partial charge in [0.05, 0.1) is 17.1 Å². The van der Waals surface area contributed by atoms with Gasteiger partial charge in [0.1, 0.15) is 10.1 Å². The Bertz CT molecular complexity index is 795. The first-order valence-corrected chi connectivity index (χ1v) is 10.5. The molecule has 1 saturated carbocycles. The maximum Gasteiger partial charge on any atom is 0.235 e. The molecule has 4 rings (SSSR count). The standard InChI is InChI=1S/C19H22N4OS2/c24-18(13-26-19(25)22-10-4-5-11-22)20-17-12-16(14-8-9-14)21-23(17)15-6-2-1-3-7-15/h1-3,6-7,12,14H,4-5,8-11,13H2,(H,20,24). The zero-order chi connectivity index (χ0) is 17.9. The Labute approximate surface area is 163 Å². The van der Waals surface area contributed by atoms with Gasteiger partial charge in [0, 0.05) is 25.1 Å². The van der Waals surface area contributed by atoms with Gasteiger partial charge in [0.15, 0.2) is 0 Å². The zero-order valence-corrected chi connectivity index (χ0v) is 16.2. The van der Waals surface area contributed by atoms with Crippen LogP contribution in [0.5, 0.6) is 0 Å². The van der Waals surface area contributed by atoms with Gasteiger partial charge in [-0.25, -0.2) is 4.68 Å². The highest BCUT2D eigenvalue weighted by molar-refractivity contribution is 8.23. The number of carbonyl (C=O) groups is 1. The lowest BCUT2D eigenvalue weighted by Gasteiger charge is -2.17. The second-order valence-electron chi connectivity index (χ2n) is 6.77. The van der Waals surface area contributed by atoms with Crippen molar-refractivity contribution in [1.29, 1.82) is 0 Å². The number of anilines is 1. The fraction of sp³-hybridized carbons (Fsp3) is 0.421. The highest BCUT2D eigenvalue weighted by Crippen LogP contribution is 2.40. The van der Waals surface area contributed by atoms with Crippen molar-refractivity contribution in [1.82, 2.24) is 14.7 Å². The van der Waals surface area contributed by atoms with Crippen molar-refractivity contribution >= 4 is 40.0 Å². The molecule has 0 spiro atoms. The Kier molecular flexibility index (Phi) is 5.26. The van der Waals surface area contributed by atoms with E-state index < -0.39 is 0 Å². The molecule has 5 nitrogen and oxygen atoms in total. The number of aromatic nitrogens is 2.